The maximum atomic E-state index is 6.29. The van der Waals surface area contributed by atoms with E-state index in [0.29, 0.717) is 0 Å². The third-order valence-electron chi connectivity index (χ3n) is 3.30. The van der Waals surface area contributed by atoms with Crippen molar-refractivity contribution < 1.29 is 4.74 Å². The first-order chi connectivity index (χ1) is 8.55. The lowest BCUT2D eigenvalue weighted by Crippen LogP contribution is -2.24. The van der Waals surface area contributed by atoms with E-state index in [0.717, 1.165) is 17.7 Å². The van der Waals surface area contributed by atoms with Gasteiger partial charge in [-0.25, -0.2) is 0 Å². The number of nitrogens with two attached hydrogens (primary N) is 1. The van der Waals surface area contributed by atoms with Crippen LogP contribution >= 0.6 is 11.3 Å². The Bertz CT molecular complexity index is 560. The van der Waals surface area contributed by atoms with Crippen molar-refractivity contribution in [3.63, 3.8) is 0 Å². The Labute approximate surface area is 111 Å². The standard InChI is InChI=1S/C15H17NOS/c1-15(2)9-11-8-10(5-6-12(11)17-15)14(16)13-4-3-7-18-13/h3-8,14H,9,16H2,1-2H3. The van der Waals surface area contributed by atoms with E-state index in [1.807, 2.05) is 12.1 Å². The van der Waals surface area contributed by atoms with Crippen LogP contribution in [0.15, 0.2) is 35.7 Å². The van der Waals surface area contributed by atoms with E-state index >= 15 is 0 Å². The smallest absolute Gasteiger partial charge is 0.123 e. The zero-order valence-corrected chi connectivity index (χ0v) is 11.5. The third kappa shape index (κ3) is 2.04. The fraction of sp³-hybridized carbons (Fsp3) is 0.333. The largest absolute Gasteiger partial charge is 0.487 e. The van der Waals surface area contributed by atoms with Gasteiger partial charge < -0.3 is 10.5 Å². The third-order valence-corrected chi connectivity index (χ3v) is 4.25. The van der Waals surface area contributed by atoms with Gasteiger partial charge in [0.1, 0.15) is 11.4 Å². The molecule has 0 radical (unpaired) electrons. The molecule has 1 aromatic heterocycles. The number of thiophene rings is 1. The van der Waals surface area contributed by atoms with Crippen LogP contribution in [0.4, 0.5) is 0 Å². The summed E-state index contributed by atoms with van der Waals surface area (Å²) in [6.07, 6.45) is 0.952. The molecule has 2 aromatic rings. The average molecular weight is 259 g/mol. The van der Waals surface area contributed by atoms with E-state index < -0.39 is 0 Å². The molecular weight excluding hydrogens is 242 g/mol. The highest BCUT2D eigenvalue weighted by Gasteiger charge is 2.30. The summed E-state index contributed by atoms with van der Waals surface area (Å²) >= 11 is 1.70. The molecule has 1 aliphatic heterocycles. The molecule has 3 rings (SSSR count). The first-order valence-electron chi connectivity index (χ1n) is 6.16. The molecule has 0 amide bonds. The summed E-state index contributed by atoms with van der Waals surface area (Å²) in [5.74, 6) is 1.00. The van der Waals surface area contributed by atoms with Crippen LogP contribution in [0.5, 0.6) is 5.75 Å². The first-order valence-corrected chi connectivity index (χ1v) is 7.04. The second-order valence-corrected chi connectivity index (χ2v) is 6.38. The van der Waals surface area contributed by atoms with Crippen molar-refractivity contribution >= 4 is 11.3 Å². The summed E-state index contributed by atoms with van der Waals surface area (Å²) in [7, 11) is 0. The Morgan fingerprint density at radius 3 is 2.89 bits per heavy atom. The van der Waals surface area contributed by atoms with Crippen molar-refractivity contribution in [2.24, 2.45) is 5.73 Å². The predicted octanol–water partition coefficient (Wildman–Crippen LogP) is 3.51. The average Bonchev–Trinajstić information content (AvgIpc) is 2.91. The fourth-order valence-electron chi connectivity index (χ4n) is 2.46. The highest BCUT2D eigenvalue weighted by molar-refractivity contribution is 7.10. The number of rotatable bonds is 2. The Balaban J connectivity index is 1.93. The molecule has 18 heavy (non-hydrogen) atoms. The van der Waals surface area contributed by atoms with Crippen LogP contribution in [-0.2, 0) is 6.42 Å². The Hall–Kier alpha value is -1.32. The van der Waals surface area contributed by atoms with E-state index in [1.165, 1.54) is 10.4 Å². The van der Waals surface area contributed by atoms with Gasteiger partial charge >= 0.3 is 0 Å². The summed E-state index contributed by atoms with van der Waals surface area (Å²) in [6.45, 7) is 4.23. The van der Waals surface area contributed by atoms with Crippen molar-refractivity contribution in [2.75, 3.05) is 0 Å². The Kier molecular flexibility index (Phi) is 2.68. The van der Waals surface area contributed by atoms with Crippen LogP contribution in [0.2, 0.25) is 0 Å². The molecule has 1 aliphatic rings. The molecule has 2 heterocycles. The van der Waals surface area contributed by atoms with Gasteiger partial charge in [-0.1, -0.05) is 18.2 Å². The van der Waals surface area contributed by atoms with Crippen LogP contribution in [0.1, 0.15) is 35.9 Å². The maximum absolute atomic E-state index is 6.29. The van der Waals surface area contributed by atoms with E-state index in [-0.39, 0.29) is 11.6 Å². The molecular formula is C15H17NOS. The Morgan fingerprint density at radius 1 is 1.33 bits per heavy atom. The SMILES string of the molecule is CC1(C)Cc2cc(C(N)c3cccs3)ccc2O1. The van der Waals surface area contributed by atoms with Crippen LogP contribution in [0.3, 0.4) is 0 Å². The van der Waals surface area contributed by atoms with Gasteiger partial charge in [-0.15, -0.1) is 11.3 Å². The van der Waals surface area contributed by atoms with Crippen molar-refractivity contribution in [1.29, 1.82) is 0 Å². The van der Waals surface area contributed by atoms with Gasteiger partial charge in [0.2, 0.25) is 0 Å². The molecule has 0 spiro atoms. The van der Waals surface area contributed by atoms with Gasteiger partial charge in [-0.2, -0.15) is 0 Å². The van der Waals surface area contributed by atoms with Gasteiger partial charge in [0.05, 0.1) is 6.04 Å². The van der Waals surface area contributed by atoms with Gasteiger partial charge in [0.25, 0.3) is 0 Å². The number of hydrogen-bond donors (Lipinski definition) is 1. The minimum atomic E-state index is -0.0893. The summed E-state index contributed by atoms with van der Waals surface area (Å²) in [6, 6.07) is 10.4. The van der Waals surface area contributed by atoms with Gasteiger partial charge in [-0.05, 0) is 42.5 Å². The van der Waals surface area contributed by atoms with Gasteiger partial charge in [0, 0.05) is 11.3 Å². The molecule has 94 valence electrons. The highest BCUT2D eigenvalue weighted by Crippen LogP contribution is 2.37. The lowest BCUT2D eigenvalue weighted by molar-refractivity contribution is 0.138. The number of benzene rings is 1. The van der Waals surface area contributed by atoms with E-state index in [1.54, 1.807) is 11.3 Å². The second-order valence-electron chi connectivity index (χ2n) is 5.40. The quantitative estimate of drug-likeness (QED) is 0.895. The lowest BCUT2D eigenvalue weighted by atomic mass is 9.98. The maximum Gasteiger partial charge on any atom is 0.123 e. The molecule has 3 heteroatoms. The highest BCUT2D eigenvalue weighted by atomic mass is 32.1. The monoisotopic (exact) mass is 259 g/mol. The number of fused-ring (bicyclic) bond motifs is 1. The van der Waals surface area contributed by atoms with Crippen LogP contribution in [-0.4, -0.2) is 5.60 Å². The molecule has 2 nitrogen and oxygen atoms in total. The summed E-state index contributed by atoms with van der Waals surface area (Å²) in [5, 5.41) is 2.06. The topological polar surface area (TPSA) is 35.2 Å². The molecule has 0 aliphatic carbocycles. The first kappa shape index (κ1) is 11.8. The summed E-state index contributed by atoms with van der Waals surface area (Å²) in [4.78, 5) is 1.20. The van der Waals surface area contributed by atoms with E-state index in [2.05, 4.69) is 37.4 Å². The predicted molar refractivity (Wildman–Crippen MR) is 75.2 cm³/mol. The lowest BCUT2D eigenvalue weighted by Gasteiger charge is -2.16. The molecule has 0 fully saturated rings. The molecule has 0 bridgehead atoms. The molecule has 1 unspecified atom stereocenters. The van der Waals surface area contributed by atoms with E-state index in [4.69, 9.17) is 10.5 Å². The molecule has 1 atom stereocenters. The molecule has 0 saturated heterocycles. The number of ether oxygens (including phenoxy) is 1. The second kappa shape index (κ2) is 4.11. The molecule has 2 N–H and O–H groups in total. The van der Waals surface area contributed by atoms with E-state index in [9.17, 15) is 0 Å². The number of hydrogen-bond acceptors (Lipinski definition) is 3. The van der Waals surface area contributed by atoms with Crippen LogP contribution < -0.4 is 10.5 Å². The minimum Gasteiger partial charge on any atom is -0.487 e. The van der Waals surface area contributed by atoms with Crippen LogP contribution in [0.25, 0.3) is 0 Å². The minimum absolute atomic E-state index is 0.0287. The van der Waals surface area contributed by atoms with Gasteiger partial charge in [-0.3, -0.25) is 0 Å². The fourth-order valence-corrected chi connectivity index (χ4v) is 3.21. The Morgan fingerprint density at radius 2 is 2.17 bits per heavy atom. The van der Waals surface area contributed by atoms with Crippen LogP contribution in [0, 0.1) is 0 Å². The van der Waals surface area contributed by atoms with Crippen molar-refractivity contribution in [3.05, 3.63) is 51.7 Å². The van der Waals surface area contributed by atoms with Crippen molar-refractivity contribution in [1.82, 2.24) is 0 Å². The van der Waals surface area contributed by atoms with Crippen molar-refractivity contribution in [3.8, 4) is 5.75 Å². The van der Waals surface area contributed by atoms with Crippen molar-refractivity contribution in [2.45, 2.75) is 31.9 Å². The zero-order valence-electron chi connectivity index (χ0n) is 10.6. The molecule has 0 saturated carbocycles. The summed E-state index contributed by atoms with van der Waals surface area (Å²) in [5.41, 5.74) is 8.64. The molecule has 1 aromatic carbocycles. The normalized spacial score (nSPS) is 18.2. The zero-order chi connectivity index (χ0) is 12.8. The summed E-state index contributed by atoms with van der Waals surface area (Å²) < 4.78 is 5.88. The van der Waals surface area contributed by atoms with Gasteiger partial charge in [0.15, 0.2) is 0 Å².